The molecular weight excluding hydrogens is 472 g/mol. The van der Waals surface area contributed by atoms with E-state index in [1.807, 2.05) is 13.8 Å². The Hall–Kier alpha value is -1.81. The summed E-state index contributed by atoms with van der Waals surface area (Å²) in [6.45, 7) is 5.07. The lowest BCUT2D eigenvalue weighted by molar-refractivity contribution is 0.135. The van der Waals surface area contributed by atoms with Gasteiger partial charge < -0.3 is 4.74 Å². The SMILES string of the molecule is CC(C)CN(c1cccc(Cl)c1)S(=O)(=O)c1ccc(OC2CCN(S(C)(=O)=O)CC2)cc1. The van der Waals surface area contributed by atoms with Crippen LogP contribution in [0, 0.1) is 5.92 Å². The Balaban J connectivity index is 1.75. The number of anilines is 1. The topological polar surface area (TPSA) is 84.0 Å². The van der Waals surface area contributed by atoms with Crippen molar-refractivity contribution in [3.63, 3.8) is 0 Å². The molecule has 0 bridgehead atoms. The van der Waals surface area contributed by atoms with Crippen molar-refractivity contribution in [1.82, 2.24) is 4.31 Å². The van der Waals surface area contributed by atoms with Crippen molar-refractivity contribution in [1.29, 1.82) is 0 Å². The largest absolute Gasteiger partial charge is 0.490 e. The summed E-state index contributed by atoms with van der Waals surface area (Å²) in [6, 6.07) is 13.2. The Bertz CT molecular complexity index is 1130. The molecule has 0 radical (unpaired) electrons. The fourth-order valence-electron chi connectivity index (χ4n) is 3.60. The van der Waals surface area contributed by atoms with Gasteiger partial charge in [0.25, 0.3) is 10.0 Å². The lowest BCUT2D eigenvalue weighted by Gasteiger charge is -2.30. The van der Waals surface area contributed by atoms with E-state index in [0.29, 0.717) is 48.9 Å². The number of hydrogen-bond donors (Lipinski definition) is 0. The first-order valence-corrected chi connectivity index (χ1v) is 14.1. The molecule has 176 valence electrons. The van der Waals surface area contributed by atoms with Gasteiger partial charge >= 0.3 is 0 Å². The Kier molecular flexibility index (Phi) is 7.75. The molecule has 0 saturated carbocycles. The van der Waals surface area contributed by atoms with E-state index in [1.165, 1.54) is 27.0 Å². The smallest absolute Gasteiger partial charge is 0.264 e. The molecule has 1 saturated heterocycles. The van der Waals surface area contributed by atoms with Crippen LogP contribution in [-0.4, -0.2) is 53.1 Å². The van der Waals surface area contributed by atoms with E-state index in [0.717, 1.165) is 0 Å². The van der Waals surface area contributed by atoms with E-state index in [4.69, 9.17) is 16.3 Å². The van der Waals surface area contributed by atoms with Gasteiger partial charge in [-0.1, -0.05) is 31.5 Å². The minimum Gasteiger partial charge on any atom is -0.490 e. The number of halogens is 1. The number of hydrogen-bond acceptors (Lipinski definition) is 5. The van der Waals surface area contributed by atoms with Gasteiger partial charge in [-0.25, -0.2) is 21.1 Å². The molecule has 0 spiro atoms. The maximum Gasteiger partial charge on any atom is 0.264 e. The summed E-state index contributed by atoms with van der Waals surface area (Å²) in [5.41, 5.74) is 0.518. The van der Waals surface area contributed by atoms with E-state index in [2.05, 4.69) is 0 Å². The molecule has 32 heavy (non-hydrogen) atoms. The molecule has 0 amide bonds. The number of rotatable bonds is 8. The molecule has 0 unspecified atom stereocenters. The van der Waals surface area contributed by atoms with Crippen LogP contribution in [0.2, 0.25) is 5.02 Å². The van der Waals surface area contributed by atoms with Crippen LogP contribution in [0.3, 0.4) is 0 Å². The number of benzene rings is 2. The molecular formula is C22H29ClN2O5S2. The van der Waals surface area contributed by atoms with E-state index in [-0.39, 0.29) is 16.9 Å². The summed E-state index contributed by atoms with van der Waals surface area (Å²) < 4.78 is 58.8. The van der Waals surface area contributed by atoms with Gasteiger partial charge in [-0.2, -0.15) is 0 Å². The molecule has 2 aromatic rings. The number of ether oxygens (including phenoxy) is 1. The summed E-state index contributed by atoms with van der Waals surface area (Å²) in [7, 11) is -6.98. The molecule has 0 atom stereocenters. The highest BCUT2D eigenvalue weighted by atomic mass is 35.5. The fraction of sp³-hybridized carbons (Fsp3) is 0.455. The van der Waals surface area contributed by atoms with Crippen molar-refractivity contribution in [3.05, 3.63) is 53.6 Å². The quantitative estimate of drug-likeness (QED) is 0.547. The fourth-order valence-corrected chi connectivity index (χ4v) is 6.28. The van der Waals surface area contributed by atoms with Crippen LogP contribution in [0.4, 0.5) is 5.69 Å². The lowest BCUT2D eigenvalue weighted by Crippen LogP contribution is -2.41. The third-order valence-electron chi connectivity index (χ3n) is 5.21. The van der Waals surface area contributed by atoms with E-state index in [9.17, 15) is 16.8 Å². The molecule has 0 aliphatic carbocycles. The number of piperidine rings is 1. The Morgan fingerprint density at radius 1 is 1.06 bits per heavy atom. The monoisotopic (exact) mass is 500 g/mol. The molecule has 0 aromatic heterocycles. The van der Waals surface area contributed by atoms with Crippen LogP contribution >= 0.6 is 11.6 Å². The van der Waals surface area contributed by atoms with E-state index >= 15 is 0 Å². The predicted octanol–water partition coefficient (Wildman–Crippen LogP) is 3.99. The van der Waals surface area contributed by atoms with Crippen LogP contribution < -0.4 is 9.04 Å². The first kappa shape index (κ1) is 24.8. The predicted molar refractivity (Wildman–Crippen MR) is 127 cm³/mol. The standard InChI is InChI=1S/C22H29ClN2O5S2/c1-17(2)16-25(19-6-4-5-18(23)15-19)32(28,29)22-9-7-20(8-10-22)30-21-11-13-24(14-12-21)31(3,26)27/h4-10,15,17,21H,11-14,16H2,1-3H3. The van der Waals surface area contributed by atoms with Crippen molar-refractivity contribution in [2.75, 3.05) is 30.2 Å². The highest BCUT2D eigenvalue weighted by Crippen LogP contribution is 2.29. The summed E-state index contributed by atoms with van der Waals surface area (Å²) in [4.78, 5) is 0.164. The maximum atomic E-state index is 13.4. The van der Waals surface area contributed by atoms with Gasteiger partial charge in [-0.3, -0.25) is 4.31 Å². The first-order valence-electron chi connectivity index (χ1n) is 10.5. The van der Waals surface area contributed by atoms with Gasteiger partial charge in [-0.05, 0) is 61.2 Å². The summed E-state index contributed by atoms with van der Waals surface area (Å²) in [6.07, 6.45) is 2.27. The van der Waals surface area contributed by atoms with Gasteiger partial charge in [0.2, 0.25) is 10.0 Å². The van der Waals surface area contributed by atoms with Gasteiger partial charge in [0.05, 0.1) is 16.8 Å². The van der Waals surface area contributed by atoms with Gasteiger partial charge in [0.15, 0.2) is 0 Å². The Labute approximate surface area is 196 Å². The van der Waals surface area contributed by atoms with Crippen LogP contribution in [0.25, 0.3) is 0 Å². The minimum atomic E-state index is -3.79. The van der Waals surface area contributed by atoms with Gasteiger partial charge in [0, 0.05) is 24.7 Å². The lowest BCUT2D eigenvalue weighted by atomic mass is 10.1. The maximum absolute atomic E-state index is 13.4. The third kappa shape index (κ3) is 6.15. The molecule has 10 heteroatoms. The van der Waals surface area contributed by atoms with Crippen molar-refractivity contribution in [2.45, 2.75) is 37.7 Å². The normalized spacial score (nSPS) is 16.3. The zero-order valence-electron chi connectivity index (χ0n) is 18.4. The second kappa shape index (κ2) is 9.99. The highest BCUT2D eigenvalue weighted by Gasteiger charge is 2.28. The molecule has 7 nitrogen and oxygen atoms in total. The Morgan fingerprint density at radius 2 is 1.69 bits per heavy atom. The average Bonchev–Trinajstić information content (AvgIpc) is 2.72. The highest BCUT2D eigenvalue weighted by molar-refractivity contribution is 7.92. The molecule has 0 N–H and O–H groups in total. The third-order valence-corrected chi connectivity index (χ3v) is 8.56. The zero-order valence-corrected chi connectivity index (χ0v) is 20.8. The number of nitrogens with zero attached hydrogens (tertiary/aromatic N) is 2. The van der Waals surface area contributed by atoms with E-state index in [1.54, 1.807) is 36.4 Å². The van der Waals surface area contributed by atoms with Crippen molar-refractivity contribution in [3.8, 4) is 5.75 Å². The van der Waals surface area contributed by atoms with Crippen LogP contribution in [-0.2, 0) is 20.0 Å². The summed E-state index contributed by atoms with van der Waals surface area (Å²) >= 11 is 6.09. The van der Waals surface area contributed by atoms with Gasteiger partial charge in [0.1, 0.15) is 11.9 Å². The van der Waals surface area contributed by atoms with Crippen molar-refractivity contribution >= 4 is 37.3 Å². The van der Waals surface area contributed by atoms with Crippen molar-refractivity contribution < 1.29 is 21.6 Å². The van der Waals surface area contributed by atoms with Crippen molar-refractivity contribution in [2.24, 2.45) is 5.92 Å². The first-order chi connectivity index (χ1) is 15.0. The minimum absolute atomic E-state index is 0.112. The molecule has 1 heterocycles. The van der Waals surface area contributed by atoms with Crippen LogP contribution in [0.15, 0.2) is 53.4 Å². The summed E-state index contributed by atoms with van der Waals surface area (Å²) in [5.74, 6) is 0.670. The molecule has 1 aliphatic rings. The molecule has 1 fully saturated rings. The van der Waals surface area contributed by atoms with Crippen LogP contribution in [0.5, 0.6) is 5.75 Å². The number of sulfonamides is 2. The average molecular weight is 501 g/mol. The summed E-state index contributed by atoms with van der Waals surface area (Å²) in [5, 5.41) is 0.470. The van der Waals surface area contributed by atoms with Gasteiger partial charge in [-0.15, -0.1) is 0 Å². The van der Waals surface area contributed by atoms with Crippen LogP contribution in [0.1, 0.15) is 26.7 Å². The second-order valence-electron chi connectivity index (χ2n) is 8.36. The molecule has 1 aliphatic heterocycles. The molecule has 2 aromatic carbocycles. The van der Waals surface area contributed by atoms with E-state index < -0.39 is 20.0 Å². The zero-order chi connectivity index (χ0) is 23.5. The second-order valence-corrected chi connectivity index (χ2v) is 12.6. The Morgan fingerprint density at radius 3 is 2.22 bits per heavy atom. The molecule has 3 rings (SSSR count).